The van der Waals surface area contributed by atoms with Crippen molar-refractivity contribution >= 4 is 0 Å². The first kappa shape index (κ1) is 6.85. The van der Waals surface area contributed by atoms with E-state index in [0.29, 0.717) is 5.41 Å². The van der Waals surface area contributed by atoms with Crippen molar-refractivity contribution in [2.45, 2.75) is 19.4 Å². The maximum Gasteiger partial charge on any atom is 0.0489 e. The first-order valence-corrected chi connectivity index (χ1v) is 4.02. The maximum absolute atomic E-state index is 5.64. The lowest BCUT2D eigenvalue weighted by atomic mass is 10.1. The molecule has 3 nitrogen and oxygen atoms in total. The fourth-order valence-electron chi connectivity index (χ4n) is 1.34. The smallest absolute Gasteiger partial charge is 0.0489 e. The van der Waals surface area contributed by atoms with Crippen LogP contribution in [0.2, 0.25) is 0 Å². The number of hydrogen-bond donors (Lipinski definition) is 1. The predicted molar refractivity (Wildman–Crippen MR) is 42.9 cm³/mol. The molecular weight excluding hydrogens is 138 g/mol. The van der Waals surface area contributed by atoms with Gasteiger partial charge in [-0.1, -0.05) is 0 Å². The minimum Gasteiger partial charge on any atom is -0.330 e. The fourth-order valence-corrected chi connectivity index (χ4v) is 1.34. The van der Waals surface area contributed by atoms with Crippen LogP contribution in [0.5, 0.6) is 0 Å². The molecule has 1 saturated carbocycles. The van der Waals surface area contributed by atoms with Crippen molar-refractivity contribution < 1.29 is 0 Å². The third kappa shape index (κ3) is 1.28. The summed E-state index contributed by atoms with van der Waals surface area (Å²) in [5.74, 6) is 0. The van der Waals surface area contributed by atoms with E-state index in [-0.39, 0.29) is 0 Å². The molecule has 0 radical (unpaired) electrons. The Bertz CT molecular complexity index is 223. The van der Waals surface area contributed by atoms with Crippen LogP contribution >= 0.6 is 0 Å². The van der Waals surface area contributed by atoms with Crippen molar-refractivity contribution in [1.82, 2.24) is 9.78 Å². The molecule has 60 valence electrons. The third-order valence-corrected chi connectivity index (χ3v) is 2.45. The highest BCUT2D eigenvalue weighted by Gasteiger charge is 2.41. The van der Waals surface area contributed by atoms with E-state index in [1.165, 1.54) is 12.8 Å². The Balaban J connectivity index is 2.01. The molecular formula is C8H13N3. The molecule has 1 aromatic rings. The Morgan fingerprint density at radius 2 is 2.36 bits per heavy atom. The first-order chi connectivity index (χ1) is 5.35. The van der Waals surface area contributed by atoms with E-state index >= 15 is 0 Å². The van der Waals surface area contributed by atoms with Gasteiger partial charge in [-0.2, -0.15) is 5.10 Å². The molecule has 2 rings (SSSR count). The van der Waals surface area contributed by atoms with Crippen molar-refractivity contribution in [3.05, 3.63) is 18.5 Å². The monoisotopic (exact) mass is 151 g/mol. The van der Waals surface area contributed by atoms with Crippen molar-refractivity contribution in [3.63, 3.8) is 0 Å². The zero-order valence-electron chi connectivity index (χ0n) is 6.53. The SMILES string of the molecule is NCC1(Cn2cccn2)CC1. The van der Waals surface area contributed by atoms with Crippen LogP contribution in [0, 0.1) is 5.41 Å². The molecule has 1 aromatic heterocycles. The summed E-state index contributed by atoms with van der Waals surface area (Å²) in [6.45, 7) is 1.80. The van der Waals surface area contributed by atoms with Crippen LogP contribution in [0.1, 0.15) is 12.8 Å². The topological polar surface area (TPSA) is 43.8 Å². The Labute approximate surface area is 66.2 Å². The van der Waals surface area contributed by atoms with E-state index in [0.717, 1.165) is 13.1 Å². The van der Waals surface area contributed by atoms with Crippen LogP contribution in [0.25, 0.3) is 0 Å². The molecule has 1 aliphatic carbocycles. The highest BCUT2D eigenvalue weighted by atomic mass is 15.3. The van der Waals surface area contributed by atoms with Crippen LogP contribution < -0.4 is 5.73 Å². The van der Waals surface area contributed by atoms with Gasteiger partial charge in [0, 0.05) is 24.4 Å². The molecule has 0 unspecified atom stereocenters. The third-order valence-electron chi connectivity index (χ3n) is 2.45. The van der Waals surface area contributed by atoms with Crippen LogP contribution in [0.3, 0.4) is 0 Å². The number of hydrogen-bond acceptors (Lipinski definition) is 2. The van der Waals surface area contributed by atoms with Gasteiger partial charge in [0.1, 0.15) is 0 Å². The van der Waals surface area contributed by atoms with Gasteiger partial charge in [0.05, 0.1) is 0 Å². The molecule has 1 aliphatic rings. The number of nitrogens with two attached hydrogens (primary N) is 1. The lowest BCUT2D eigenvalue weighted by Gasteiger charge is -2.11. The molecule has 2 N–H and O–H groups in total. The van der Waals surface area contributed by atoms with Gasteiger partial charge in [0.2, 0.25) is 0 Å². The van der Waals surface area contributed by atoms with Gasteiger partial charge in [-0.05, 0) is 25.5 Å². The average Bonchev–Trinajstić information content (AvgIpc) is 2.59. The average molecular weight is 151 g/mol. The highest BCUT2D eigenvalue weighted by molar-refractivity contribution is 4.94. The van der Waals surface area contributed by atoms with Crippen molar-refractivity contribution in [3.8, 4) is 0 Å². The molecule has 1 fully saturated rings. The lowest BCUT2D eigenvalue weighted by molar-refractivity contribution is 0.407. The highest BCUT2D eigenvalue weighted by Crippen LogP contribution is 2.45. The first-order valence-electron chi connectivity index (χ1n) is 4.02. The van der Waals surface area contributed by atoms with Crippen molar-refractivity contribution in [2.75, 3.05) is 6.54 Å². The Kier molecular flexibility index (Phi) is 1.46. The van der Waals surface area contributed by atoms with Crippen molar-refractivity contribution in [1.29, 1.82) is 0 Å². The number of aromatic nitrogens is 2. The summed E-state index contributed by atoms with van der Waals surface area (Å²) in [5, 5.41) is 4.15. The normalized spacial score (nSPS) is 20.1. The molecule has 0 saturated heterocycles. The second kappa shape index (κ2) is 2.34. The van der Waals surface area contributed by atoms with Gasteiger partial charge < -0.3 is 5.73 Å². The largest absolute Gasteiger partial charge is 0.330 e. The lowest BCUT2D eigenvalue weighted by Crippen LogP contribution is -2.21. The molecule has 11 heavy (non-hydrogen) atoms. The van der Waals surface area contributed by atoms with Gasteiger partial charge in [-0.15, -0.1) is 0 Å². The summed E-state index contributed by atoms with van der Waals surface area (Å²) >= 11 is 0. The summed E-state index contributed by atoms with van der Waals surface area (Å²) in [7, 11) is 0. The molecule has 0 aliphatic heterocycles. The van der Waals surface area contributed by atoms with E-state index in [4.69, 9.17) is 5.73 Å². The molecule has 0 spiro atoms. The van der Waals surface area contributed by atoms with Gasteiger partial charge in [0.25, 0.3) is 0 Å². The van der Waals surface area contributed by atoms with Gasteiger partial charge in [0.15, 0.2) is 0 Å². The summed E-state index contributed by atoms with van der Waals surface area (Å²) in [4.78, 5) is 0. The summed E-state index contributed by atoms with van der Waals surface area (Å²) in [5.41, 5.74) is 6.04. The molecule has 0 aromatic carbocycles. The summed E-state index contributed by atoms with van der Waals surface area (Å²) < 4.78 is 1.97. The Morgan fingerprint density at radius 3 is 2.82 bits per heavy atom. The van der Waals surface area contributed by atoms with E-state index in [2.05, 4.69) is 5.10 Å². The molecule has 1 heterocycles. The zero-order valence-corrected chi connectivity index (χ0v) is 6.53. The van der Waals surface area contributed by atoms with Crippen LogP contribution in [0.4, 0.5) is 0 Å². The molecule has 0 bridgehead atoms. The molecule has 3 heteroatoms. The minimum absolute atomic E-state index is 0.395. The van der Waals surface area contributed by atoms with Gasteiger partial charge in [-0.25, -0.2) is 0 Å². The molecule has 0 atom stereocenters. The maximum atomic E-state index is 5.64. The zero-order chi connectivity index (χ0) is 7.73. The standard InChI is InChI=1S/C8H13N3/c9-6-8(2-3-8)7-11-5-1-4-10-11/h1,4-5H,2-3,6-7,9H2. The molecule has 0 amide bonds. The second-order valence-electron chi connectivity index (χ2n) is 3.41. The quantitative estimate of drug-likeness (QED) is 0.688. The van der Waals surface area contributed by atoms with E-state index in [9.17, 15) is 0 Å². The predicted octanol–water partition coefficient (Wildman–Crippen LogP) is 0.622. The Hall–Kier alpha value is -0.830. The second-order valence-corrected chi connectivity index (χ2v) is 3.41. The van der Waals surface area contributed by atoms with E-state index in [1.54, 1.807) is 0 Å². The van der Waals surface area contributed by atoms with Crippen LogP contribution in [-0.2, 0) is 6.54 Å². The minimum atomic E-state index is 0.395. The van der Waals surface area contributed by atoms with Gasteiger partial charge in [-0.3, -0.25) is 4.68 Å². The number of rotatable bonds is 3. The number of nitrogens with zero attached hydrogens (tertiary/aromatic N) is 2. The summed E-state index contributed by atoms with van der Waals surface area (Å²) in [6, 6.07) is 1.95. The van der Waals surface area contributed by atoms with E-state index < -0.39 is 0 Å². The van der Waals surface area contributed by atoms with Crippen molar-refractivity contribution in [2.24, 2.45) is 11.1 Å². The Morgan fingerprint density at radius 1 is 1.55 bits per heavy atom. The van der Waals surface area contributed by atoms with E-state index in [1.807, 2.05) is 23.1 Å². The summed E-state index contributed by atoms with van der Waals surface area (Å²) in [6.07, 6.45) is 6.34. The fraction of sp³-hybridized carbons (Fsp3) is 0.625. The van der Waals surface area contributed by atoms with Crippen LogP contribution in [0.15, 0.2) is 18.5 Å². The van der Waals surface area contributed by atoms with Gasteiger partial charge >= 0.3 is 0 Å². The van der Waals surface area contributed by atoms with Crippen LogP contribution in [-0.4, -0.2) is 16.3 Å².